The smallest absolute Gasteiger partial charge is 0.251 e. The van der Waals surface area contributed by atoms with Crippen molar-refractivity contribution in [1.82, 2.24) is 10.2 Å². The number of nitrogens with one attached hydrogen (secondary N) is 1. The highest BCUT2D eigenvalue weighted by molar-refractivity contribution is 5.00. The number of rotatable bonds is 4. The lowest BCUT2D eigenvalue weighted by atomic mass is 9.86. The van der Waals surface area contributed by atoms with Gasteiger partial charge < -0.3 is 5.32 Å². The van der Waals surface area contributed by atoms with E-state index in [1.165, 1.54) is 0 Å². The van der Waals surface area contributed by atoms with Crippen LogP contribution in [0.2, 0.25) is 0 Å². The molecule has 1 N–H and O–H groups in total. The van der Waals surface area contributed by atoms with Crippen molar-refractivity contribution < 1.29 is 8.78 Å². The Balaban J connectivity index is 2.77. The Kier molecular flexibility index (Phi) is 4.29. The Bertz CT molecular complexity index is 235. The van der Waals surface area contributed by atoms with Gasteiger partial charge in [-0.05, 0) is 26.7 Å². The van der Waals surface area contributed by atoms with Gasteiger partial charge in [0.15, 0.2) is 0 Å². The molecule has 0 bridgehead atoms. The Morgan fingerprint density at radius 3 is 2.31 bits per heavy atom. The fraction of sp³-hybridized carbons (Fsp3) is 1.00. The fourth-order valence-electron chi connectivity index (χ4n) is 2.22. The molecule has 0 aliphatic carbocycles. The third kappa shape index (κ3) is 2.92. The van der Waals surface area contributed by atoms with E-state index in [2.05, 4.69) is 33.0 Å². The van der Waals surface area contributed by atoms with Crippen LogP contribution in [0.1, 0.15) is 40.5 Å². The number of alkyl halides is 2. The van der Waals surface area contributed by atoms with Crippen LogP contribution in [0.25, 0.3) is 0 Å². The molecule has 2 nitrogen and oxygen atoms in total. The lowest BCUT2D eigenvalue weighted by molar-refractivity contribution is -0.0235. The van der Waals surface area contributed by atoms with E-state index in [0.29, 0.717) is 6.54 Å². The van der Waals surface area contributed by atoms with E-state index in [1.807, 2.05) is 4.90 Å². The molecule has 0 amide bonds. The molecule has 1 aliphatic heterocycles. The second-order valence-corrected chi connectivity index (χ2v) is 5.39. The molecule has 0 aromatic heterocycles. The van der Waals surface area contributed by atoms with Gasteiger partial charge in [0.1, 0.15) is 0 Å². The molecule has 1 saturated heterocycles. The first-order valence-electron chi connectivity index (χ1n) is 6.13. The molecular formula is C12H24F2N2. The van der Waals surface area contributed by atoms with E-state index < -0.39 is 6.43 Å². The van der Waals surface area contributed by atoms with Crippen molar-refractivity contribution in [2.75, 3.05) is 19.6 Å². The Morgan fingerprint density at radius 1 is 1.25 bits per heavy atom. The maximum Gasteiger partial charge on any atom is 0.251 e. The summed E-state index contributed by atoms with van der Waals surface area (Å²) in [6, 6.07) is 0. The highest BCUT2D eigenvalue weighted by Gasteiger charge is 2.41. The zero-order chi connectivity index (χ0) is 12.4. The summed E-state index contributed by atoms with van der Waals surface area (Å²) in [5, 5.41) is 3.50. The summed E-state index contributed by atoms with van der Waals surface area (Å²) in [6.45, 7) is 9.73. The van der Waals surface area contributed by atoms with Crippen LogP contribution in [0.3, 0.4) is 0 Å². The lowest BCUT2D eigenvalue weighted by Gasteiger charge is -2.52. The summed E-state index contributed by atoms with van der Waals surface area (Å²) < 4.78 is 25.2. The molecule has 2 atom stereocenters. The number of hydrogen-bond acceptors (Lipinski definition) is 2. The van der Waals surface area contributed by atoms with Crippen LogP contribution in [-0.2, 0) is 0 Å². The molecule has 4 heteroatoms. The molecule has 16 heavy (non-hydrogen) atoms. The molecule has 1 heterocycles. The Labute approximate surface area is 97.4 Å². The quantitative estimate of drug-likeness (QED) is 0.804. The fourth-order valence-corrected chi connectivity index (χ4v) is 2.22. The zero-order valence-corrected chi connectivity index (χ0v) is 10.8. The van der Waals surface area contributed by atoms with Gasteiger partial charge in [0.25, 0.3) is 6.43 Å². The summed E-state index contributed by atoms with van der Waals surface area (Å²) in [5.74, 6) is 0. The summed E-state index contributed by atoms with van der Waals surface area (Å²) in [5.41, 5.74) is -0.158. The van der Waals surface area contributed by atoms with E-state index in [0.717, 1.165) is 19.4 Å². The molecule has 0 aromatic rings. The highest BCUT2D eigenvalue weighted by atomic mass is 19.3. The van der Waals surface area contributed by atoms with E-state index in [-0.39, 0.29) is 17.6 Å². The normalized spacial score (nSPS) is 36.9. The molecular weight excluding hydrogens is 210 g/mol. The van der Waals surface area contributed by atoms with Gasteiger partial charge in [0.2, 0.25) is 0 Å². The number of nitrogens with zero attached hydrogens (tertiary/aromatic N) is 1. The summed E-state index contributed by atoms with van der Waals surface area (Å²) in [4.78, 5) is 1.96. The number of piperazine rings is 1. The number of halogens is 2. The van der Waals surface area contributed by atoms with E-state index >= 15 is 0 Å². The van der Waals surface area contributed by atoms with Crippen LogP contribution in [0, 0.1) is 0 Å². The van der Waals surface area contributed by atoms with Gasteiger partial charge >= 0.3 is 0 Å². The summed E-state index contributed by atoms with van der Waals surface area (Å²) in [6.07, 6.45) is -0.385. The maximum atomic E-state index is 12.6. The molecule has 1 aliphatic rings. The highest BCUT2D eigenvalue weighted by Crippen LogP contribution is 2.28. The maximum absolute atomic E-state index is 12.6. The van der Waals surface area contributed by atoms with E-state index in [9.17, 15) is 8.78 Å². The minimum Gasteiger partial charge on any atom is -0.308 e. The standard InChI is InChI=1S/C12H24F2N2/c1-5-11(3)9-16(7-10(13)14)12(4,6-2)8-15-11/h10,15H,5-9H2,1-4H3. The van der Waals surface area contributed by atoms with Gasteiger partial charge in [-0.2, -0.15) is 0 Å². The predicted octanol–water partition coefficient (Wildman–Crippen LogP) is 2.49. The van der Waals surface area contributed by atoms with Crippen molar-refractivity contribution in [3.63, 3.8) is 0 Å². The molecule has 1 rings (SSSR count). The summed E-state index contributed by atoms with van der Waals surface area (Å²) in [7, 11) is 0. The van der Waals surface area contributed by atoms with Crippen LogP contribution in [-0.4, -0.2) is 42.0 Å². The minimum absolute atomic E-state index is 0.0242. The first-order chi connectivity index (χ1) is 7.35. The average Bonchev–Trinajstić information content (AvgIpc) is 2.23. The molecule has 1 fully saturated rings. The Morgan fingerprint density at radius 2 is 1.88 bits per heavy atom. The van der Waals surface area contributed by atoms with Gasteiger partial charge in [-0.1, -0.05) is 13.8 Å². The number of hydrogen-bond donors (Lipinski definition) is 1. The van der Waals surface area contributed by atoms with Gasteiger partial charge in [-0.3, -0.25) is 4.90 Å². The monoisotopic (exact) mass is 234 g/mol. The van der Waals surface area contributed by atoms with Crippen LogP contribution in [0.5, 0.6) is 0 Å². The molecule has 96 valence electrons. The van der Waals surface area contributed by atoms with Crippen molar-refractivity contribution in [3.05, 3.63) is 0 Å². The third-order valence-corrected chi connectivity index (χ3v) is 4.10. The van der Waals surface area contributed by atoms with Crippen LogP contribution >= 0.6 is 0 Å². The van der Waals surface area contributed by atoms with Crippen molar-refractivity contribution >= 4 is 0 Å². The van der Waals surface area contributed by atoms with Gasteiger partial charge in [-0.15, -0.1) is 0 Å². The van der Waals surface area contributed by atoms with Gasteiger partial charge in [-0.25, -0.2) is 8.78 Å². The average molecular weight is 234 g/mol. The van der Waals surface area contributed by atoms with Crippen molar-refractivity contribution in [2.24, 2.45) is 0 Å². The van der Waals surface area contributed by atoms with Crippen LogP contribution in [0.4, 0.5) is 8.78 Å². The van der Waals surface area contributed by atoms with Crippen LogP contribution < -0.4 is 5.32 Å². The second-order valence-electron chi connectivity index (χ2n) is 5.39. The first-order valence-corrected chi connectivity index (χ1v) is 6.13. The predicted molar refractivity (Wildman–Crippen MR) is 63.0 cm³/mol. The molecule has 2 unspecified atom stereocenters. The van der Waals surface area contributed by atoms with E-state index in [1.54, 1.807) is 0 Å². The molecule has 0 aromatic carbocycles. The molecule has 0 saturated carbocycles. The molecule has 0 spiro atoms. The summed E-state index contributed by atoms with van der Waals surface area (Å²) >= 11 is 0. The Hall–Kier alpha value is -0.220. The largest absolute Gasteiger partial charge is 0.308 e. The van der Waals surface area contributed by atoms with E-state index in [4.69, 9.17) is 0 Å². The zero-order valence-electron chi connectivity index (χ0n) is 10.8. The van der Waals surface area contributed by atoms with Gasteiger partial charge in [0.05, 0.1) is 6.54 Å². The SMILES string of the molecule is CCC1(C)CN(CC(F)F)C(C)(CC)CN1. The second kappa shape index (κ2) is 4.96. The van der Waals surface area contributed by atoms with Crippen LogP contribution in [0.15, 0.2) is 0 Å². The lowest BCUT2D eigenvalue weighted by Crippen LogP contribution is -2.68. The first kappa shape index (κ1) is 13.8. The molecule has 0 radical (unpaired) electrons. The third-order valence-electron chi connectivity index (χ3n) is 4.10. The minimum atomic E-state index is -2.25. The topological polar surface area (TPSA) is 15.3 Å². The van der Waals surface area contributed by atoms with Crippen molar-refractivity contribution in [1.29, 1.82) is 0 Å². The van der Waals surface area contributed by atoms with Crippen molar-refractivity contribution in [3.8, 4) is 0 Å². The van der Waals surface area contributed by atoms with Gasteiger partial charge in [0, 0.05) is 24.2 Å². The van der Waals surface area contributed by atoms with Crippen molar-refractivity contribution in [2.45, 2.75) is 58.0 Å².